The maximum atomic E-state index is 6.46. The smallest absolute Gasteiger partial charge is 0.160 e. The monoisotopic (exact) mass is 676 g/mol. The predicted molar refractivity (Wildman–Crippen MR) is 217 cm³/mol. The average molecular weight is 677 g/mol. The lowest BCUT2D eigenvalue weighted by Crippen LogP contribution is -2.29. The molecule has 11 rings (SSSR count). The highest BCUT2D eigenvalue weighted by Crippen LogP contribution is 2.51. The van der Waals surface area contributed by atoms with Gasteiger partial charge in [-0.25, -0.2) is 9.97 Å². The summed E-state index contributed by atoms with van der Waals surface area (Å²) in [4.78, 5) is 10.4. The van der Waals surface area contributed by atoms with E-state index in [0.717, 1.165) is 61.1 Å². The molecule has 3 nitrogen and oxygen atoms in total. The van der Waals surface area contributed by atoms with Gasteiger partial charge < -0.3 is 4.42 Å². The van der Waals surface area contributed by atoms with Gasteiger partial charge in [0.25, 0.3) is 0 Å². The maximum absolute atomic E-state index is 6.46. The lowest BCUT2D eigenvalue weighted by molar-refractivity contribution is 0.566. The Balaban J connectivity index is 1.10. The van der Waals surface area contributed by atoms with E-state index in [1.165, 1.54) is 33.4 Å². The standard InChI is InChI=1S/C50H32N2O/c1-3-10-33(11-4-1)42-30-43(52-50(51-42)37-12-5-2-6-13-37)48-39(28-29-45-49(48)41-16-7-8-17-44(41)53-45)32-20-18-31(19-21-32)38-26-24-36-23-22-34-14-9-15-35-25-27-40(38)47(36)46(34)35/h1-30,46-47H. The second-order valence-electron chi connectivity index (χ2n) is 14.1. The van der Waals surface area contributed by atoms with Gasteiger partial charge in [0.05, 0.1) is 11.4 Å². The summed E-state index contributed by atoms with van der Waals surface area (Å²) in [5.41, 5.74) is 16.8. The summed E-state index contributed by atoms with van der Waals surface area (Å²) in [6, 6.07) is 44.4. The molecular formula is C50H32N2O. The van der Waals surface area contributed by atoms with Gasteiger partial charge >= 0.3 is 0 Å². The van der Waals surface area contributed by atoms with Crippen LogP contribution in [-0.2, 0) is 0 Å². The van der Waals surface area contributed by atoms with Crippen LogP contribution in [0.3, 0.4) is 0 Å². The largest absolute Gasteiger partial charge is 0.456 e. The van der Waals surface area contributed by atoms with Gasteiger partial charge in [-0.15, -0.1) is 0 Å². The van der Waals surface area contributed by atoms with Crippen LogP contribution in [0.2, 0.25) is 0 Å². The summed E-state index contributed by atoms with van der Waals surface area (Å²) in [5, 5.41) is 2.12. The van der Waals surface area contributed by atoms with Crippen molar-refractivity contribution in [1.29, 1.82) is 0 Å². The molecule has 2 unspecified atom stereocenters. The molecule has 7 aromatic rings. The molecule has 0 aliphatic heterocycles. The van der Waals surface area contributed by atoms with Crippen molar-refractivity contribution < 1.29 is 4.42 Å². The molecule has 248 valence electrons. The minimum absolute atomic E-state index is 0.342. The Kier molecular flexibility index (Phi) is 6.68. The number of aromatic nitrogens is 2. The molecule has 2 heterocycles. The Morgan fingerprint density at radius 1 is 0.472 bits per heavy atom. The minimum atomic E-state index is 0.342. The molecular weight excluding hydrogens is 645 g/mol. The molecule has 4 aliphatic rings. The van der Waals surface area contributed by atoms with E-state index in [9.17, 15) is 0 Å². The number of para-hydroxylation sites is 1. The van der Waals surface area contributed by atoms with Crippen molar-refractivity contribution >= 4 is 27.5 Å². The SMILES string of the molecule is C1=CC2=CC=C3C=CC(c4ccc(-c5ccc6oc7ccccc7c6c5-c5cc(-c6ccccc6)nc(-c6ccccc6)n5)cc4)=C4C=CC(=C1)C2C34. The molecule has 0 N–H and O–H groups in total. The highest BCUT2D eigenvalue weighted by atomic mass is 16.3. The lowest BCUT2D eigenvalue weighted by atomic mass is 9.63. The fourth-order valence-corrected chi connectivity index (χ4v) is 8.67. The number of rotatable bonds is 5. The van der Waals surface area contributed by atoms with Crippen LogP contribution >= 0.6 is 0 Å². The van der Waals surface area contributed by atoms with Crippen molar-refractivity contribution in [1.82, 2.24) is 9.97 Å². The van der Waals surface area contributed by atoms with Gasteiger partial charge in [0, 0.05) is 39.3 Å². The van der Waals surface area contributed by atoms with Crippen molar-refractivity contribution in [2.45, 2.75) is 0 Å². The third kappa shape index (κ3) is 4.82. The Labute approximate surface area is 307 Å². The van der Waals surface area contributed by atoms with Crippen LogP contribution in [-0.4, -0.2) is 9.97 Å². The Morgan fingerprint density at radius 3 is 1.98 bits per heavy atom. The summed E-state index contributed by atoms with van der Waals surface area (Å²) >= 11 is 0. The molecule has 0 fully saturated rings. The normalized spacial score (nSPS) is 18.2. The highest BCUT2D eigenvalue weighted by Gasteiger charge is 2.38. The molecule has 0 spiro atoms. The third-order valence-corrected chi connectivity index (χ3v) is 11.1. The average Bonchev–Trinajstić information content (AvgIpc) is 3.62. The number of benzene rings is 5. The summed E-state index contributed by atoms with van der Waals surface area (Å²) in [6.07, 6.45) is 20.6. The van der Waals surface area contributed by atoms with E-state index in [0.29, 0.717) is 17.7 Å². The maximum Gasteiger partial charge on any atom is 0.160 e. The molecule has 53 heavy (non-hydrogen) atoms. The van der Waals surface area contributed by atoms with Crippen molar-refractivity contribution in [3.05, 3.63) is 210 Å². The molecule has 2 atom stereocenters. The van der Waals surface area contributed by atoms with Crippen LogP contribution in [0.5, 0.6) is 0 Å². The molecule has 2 aromatic heterocycles. The first-order valence-electron chi connectivity index (χ1n) is 18.2. The van der Waals surface area contributed by atoms with Crippen molar-refractivity contribution in [3.63, 3.8) is 0 Å². The van der Waals surface area contributed by atoms with Crippen LogP contribution in [0, 0.1) is 11.8 Å². The summed E-state index contributed by atoms with van der Waals surface area (Å²) in [6.45, 7) is 0. The summed E-state index contributed by atoms with van der Waals surface area (Å²) < 4.78 is 6.46. The second kappa shape index (κ2) is 11.9. The first kappa shape index (κ1) is 29.8. The van der Waals surface area contributed by atoms with E-state index in [2.05, 4.69) is 146 Å². The van der Waals surface area contributed by atoms with Crippen molar-refractivity contribution in [2.24, 2.45) is 11.8 Å². The molecule has 4 aliphatic carbocycles. The fraction of sp³-hybridized carbons (Fsp3) is 0.0400. The van der Waals surface area contributed by atoms with Crippen molar-refractivity contribution in [2.75, 3.05) is 0 Å². The first-order valence-corrected chi connectivity index (χ1v) is 18.2. The van der Waals surface area contributed by atoms with Crippen LogP contribution in [0.25, 0.3) is 72.5 Å². The van der Waals surface area contributed by atoms with Crippen molar-refractivity contribution in [3.8, 4) is 45.0 Å². The van der Waals surface area contributed by atoms with Gasteiger partial charge in [0.1, 0.15) is 11.2 Å². The Hall–Kier alpha value is -6.84. The molecule has 0 saturated heterocycles. The number of allylic oxidation sites excluding steroid dienone is 14. The molecule has 0 saturated carbocycles. The van der Waals surface area contributed by atoms with E-state index >= 15 is 0 Å². The topological polar surface area (TPSA) is 38.9 Å². The van der Waals surface area contributed by atoms with Crippen LogP contribution in [0.4, 0.5) is 0 Å². The first-order chi connectivity index (χ1) is 26.3. The van der Waals surface area contributed by atoms with Gasteiger partial charge in [0.2, 0.25) is 0 Å². The third-order valence-electron chi connectivity index (χ3n) is 11.1. The lowest BCUT2D eigenvalue weighted by Gasteiger charge is -2.40. The van der Waals surface area contributed by atoms with Gasteiger partial charge in [-0.3, -0.25) is 0 Å². The zero-order valence-corrected chi connectivity index (χ0v) is 28.8. The Bertz CT molecular complexity index is 2800. The van der Waals surface area contributed by atoms with Gasteiger partial charge in [-0.05, 0) is 68.8 Å². The van der Waals surface area contributed by atoms with Gasteiger partial charge in [-0.1, -0.05) is 158 Å². The number of nitrogens with zero attached hydrogens (tertiary/aromatic N) is 2. The van der Waals surface area contributed by atoms with Gasteiger partial charge in [0.15, 0.2) is 5.82 Å². The molecule has 3 heteroatoms. The van der Waals surface area contributed by atoms with Crippen LogP contribution in [0.1, 0.15) is 5.56 Å². The number of hydrogen-bond donors (Lipinski definition) is 0. The predicted octanol–water partition coefficient (Wildman–Crippen LogP) is 12.5. The summed E-state index contributed by atoms with van der Waals surface area (Å²) in [7, 11) is 0. The minimum Gasteiger partial charge on any atom is -0.456 e. The van der Waals surface area contributed by atoms with Crippen LogP contribution < -0.4 is 0 Å². The number of hydrogen-bond acceptors (Lipinski definition) is 3. The van der Waals surface area contributed by atoms with E-state index < -0.39 is 0 Å². The zero-order valence-electron chi connectivity index (χ0n) is 28.8. The van der Waals surface area contributed by atoms with Crippen LogP contribution in [0.15, 0.2) is 209 Å². The molecule has 0 radical (unpaired) electrons. The zero-order chi connectivity index (χ0) is 34.9. The van der Waals surface area contributed by atoms with E-state index in [1.54, 1.807) is 0 Å². The van der Waals surface area contributed by atoms with Gasteiger partial charge in [-0.2, -0.15) is 0 Å². The number of fused-ring (bicyclic) bond motifs is 3. The fourth-order valence-electron chi connectivity index (χ4n) is 8.67. The molecule has 0 amide bonds. The Morgan fingerprint density at radius 2 is 1.15 bits per heavy atom. The van der Waals surface area contributed by atoms with E-state index in [-0.39, 0.29) is 0 Å². The second-order valence-corrected chi connectivity index (χ2v) is 14.1. The van der Waals surface area contributed by atoms with E-state index in [1.807, 2.05) is 36.4 Å². The quantitative estimate of drug-likeness (QED) is 0.182. The molecule has 0 bridgehead atoms. The molecule has 5 aromatic carbocycles. The van der Waals surface area contributed by atoms with E-state index in [4.69, 9.17) is 14.4 Å². The summed E-state index contributed by atoms with van der Waals surface area (Å²) in [5.74, 6) is 1.41. The number of furan rings is 1. The highest BCUT2D eigenvalue weighted by molar-refractivity contribution is 6.15.